The van der Waals surface area contributed by atoms with Crippen LogP contribution in [0.5, 0.6) is 0 Å². The molecular formula is C22H19N3O3S. The summed E-state index contributed by atoms with van der Waals surface area (Å²) in [5.74, 6) is -0.610. The minimum absolute atomic E-state index is 0.183. The first-order valence-electron chi connectivity index (χ1n) is 9.40. The third-order valence-corrected chi connectivity index (χ3v) is 5.72. The van der Waals surface area contributed by atoms with Gasteiger partial charge in [-0.2, -0.15) is 0 Å². The first kappa shape index (κ1) is 19.0. The van der Waals surface area contributed by atoms with E-state index in [2.05, 4.69) is 10.3 Å². The van der Waals surface area contributed by atoms with Gasteiger partial charge in [-0.3, -0.25) is 24.6 Å². The molecule has 0 bridgehead atoms. The Morgan fingerprint density at radius 1 is 0.931 bits per heavy atom. The Labute approximate surface area is 172 Å². The molecule has 0 aliphatic carbocycles. The first-order valence-corrected chi connectivity index (χ1v) is 10.2. The van der Waals surface area contributed by atoms with Crippen molar-refractivity contribution in [3.8, 4) is 0 Å². The van der Waals surface area contributed by atoms with Gasteiger partial charge >= 0.3 is 0 Å². The third kappa shape index (κ3) is 4.09. The van der Waals surface area contributed by atoms with Crippen LogP contribution in [0.3, 0.4) is 0 Å². The second-order valence-electron chi connectivity index (χ2n) is 6.72. The molecule has 0 radical (unpaired) electrons. The SMILES string of the molecule is O=C(Nc1ncc(CCCCN2C(=O)c3ccccc3C2=O)s1)c1ccccc1. The van der Waals surface area contributed by atoms with Crippen molar-refractivity contribution < 1.29 is 14.4 Å². The number of anilines is 1. The van der Waals surface area contributed by atoms with Gasteiger partial charge < -0.3 is 0 Å². The number of thiazole rings is 1. The summed E-state index contributed by atoms with van der Waals surface area (Å²) in [6.45, 7) is 0.406. The van der Waals surface area contributed by atoms with Crippen LogP contribution in [0.1, 0.15) is 48.8 Å². The number of aromatic nitrogens is 1. The summed E-state index contributed by atoms with van der Waals surface area (Å²) in [5, 5.41) is 3.37. The minimum Gasteiger partial charge on any atom is -0.298 e. The molecule has 7 heteroatoms. The number of hydrogen-bond acceptors (Lipinski definition) is 5. The highest BCUT2D eigenvalue weighted by Gasteiger charge is 2.34. The molecule has 0 fully saturated rings. The van der Waals surface area contributed by atoms with Crippen molar-refractivity contribution in [3.05, 3.63) is 82.4 Å². The Morgan fingerprint density at radius 2 is 1.59 bits per heavy atom. The highest BCUT2D eigenvalue weighted by Crippen LogP contribution is 2.24. The van der Waals surface area contributed by atoms with E-state index in [9.17, 15) is 14.4 Å². The van der Waals surface area contributed by atoms with Gasteiger partial charge in [-0.1, -0.05) is 30.3 Å². The van der Waals surface area contributed by atoms with Crippen molar-refractivity contribution in [2.45, 2.75) is 19.3 Å². The van der Waals surface area contributed by atoms with E-state index in [0.29, 0.717) is 28.4 Å². The molecule has 0 atom stereocenters. The maximum atomic E-state index is 12.4. The van der Waals surface area contributed by atoms with Crippen LogP contribution in [-0.2, 0) is 6.42 Å². The highest BCUT2D eigenvalue weighted by atomic mass is 32.1. The predicted molar refractivity (Wildman–Crippen MR) is 111 cm³/mol. The van der Waals surface area contributed by atoms with Crippen LogP contribution < -0.4 is 5.32 Å². The quantitative estimate of drug-likeness (QED) is 0.476. The molecule has 0 saturated carbocycles. The smallest absolute Gasteiger partial charge is 0.261 e. The average molecular weight is 405 g/mol. The molecule has 1 aliphatic rings. The number of benzene rings is 2. The van der Waals surface area contributed by atoms with Crippen LogP contribution in [0.4, 0.5) is 5.13 Å². The number of aryl methyl sites for hydroxylation is 1. The molecule has 3 aromatic rings. The van der Waals surface area contributed by atoms with Gasteiger partial charge in [-0.25, -0.2) is 4.98 Å². The molecular weight excluding hydrogens is 386 g/mol. The standard InChI is InChI=1S/C22H19N3O3S/c26-19(15-8-2-1-3-9-15)24-22-23-14-16(29-22)10-6-7-13-25-20(27)17-11-4-5-12-18(17)21(25)28/h1-5,8-9,11-12,14H,6-7,10,13H2,(H,23,24,26). The normalized spacial score (nSPS) is 12.9. The van der Waals surface area contributed by atoms with E-state index in [-0.39, 0.29) is 17.7 Å². The second-order valence-corrected chi connectivity index (χ2v) is 7.83. The van der Waals surface area contributed by atoms with Gasteiger partial charge in [-0.05, 0) is 43.5 Å². The molecule has 0 unspecified atom stereocenters. The Morgan fingerprint density at radius 3 is 2.28 bits per heavy atom. The Hall–Kier alpha value is -3.32. The lowest BCUT2D eigenvalue weighted by molar-refractivity contribution is 0.0651. The topological polar surface area (TPSA) is 79.4 Å². The predicted octanol–water partition coefficient (Wildman–Crippen LogP) is 4.01. The molecule has 2 aromatic carbocycles. The lowest BCUT2D eigenvalue weighted by atomic mass is 10.1. The fraction of sp³-hybridized carbons (Fsp3) is 0.182. The molecule has 29 heavy (non-hydrogen) atoms. The zero-order valence-electron chi connectivity index (χ0n) is 15.6. The fourth-order valence-corrected chi connectivity index (χ4v) is 4.10. The van der Waals surface area contributed by atoms with Crippen LogP contribution in [-0.4, -0.2) is 34.2 Å². The van der Waals surface area contributed by atoms with E-state index < -0.39 is 0 Å². The number of carbonyl (C=O) groups excluding carboxylic acids is 3. The van der Waals surface area contributed by atoms with Crippen LogP contribution in [0.15, 0.2) is 60.8 Å². The van der Waals surface area contributed by atoms with Crippen LogP contribution in [0.2, 0.25) is 0 Å². The van der Waals surface area contributed by atoms with E-state index in [1.807, 2.05) is 18.2 Å². The van der Waals surface area contributed by atoms with E-state index in [4.69, 9.17) is 0 Å². The monoisotopic (exact) mass is 405 g/mol. The highest BCUT2D eigenvalue weighted by molar-refractivity contribution is 7.15. The minimum atomic E-state index is -0.214. The summed E-state index contributed by atoms with van der Waals surface area (Å²) in [6, 6.07) is 15.9. The molecule has 0 saturated heterocycles. The molecule has 1 aromatic heterocycles. The third-order valence-electron chi connectivity index (χ3n) is 4.74. The summed E-state index contributed by atoms with van der Waals surface area (Å²) in [4.78, 5) is 43.5. The van der Waals surface area contributed by atoms with Crippen molar-refractivity contribution in [1.29, 1.82) is 0 Å². The number of amides is 3. The van der Waals surface area contributed by atoms with Crippen molar-refractivity contribution in [1.82, 2.24) is 9.88 Å². The number of nitrogens with zero attached hydrogens (tertiary/aromatic N) is 2. The molecule has 0 spiro atoms. The number of unbranched alkanes of at least 4 members (excludes halogenated alkanes) is 1. The molecule has 4 rings (SSSR count). The number of carbonyl (C=O) groups is 3. The van der Waals surface area contributed by atoms with Gasteiger partial charge in [0.05, 0.1) is 11.1 Å². The van der Waals surface area contributed by atoms with Gasteiger partial charge in [0, 0.05) is 23.2 Å². The van der Waals surface area contributed by atoms with Gasteiger partial charge in [0.1, 0.15) is 0 Å². The number of nitrogens with one attached hydrogen (secondary N) is 1. The number of rotatable bonds is 7. The van der Waals surface area contributed by atoms with Crippen molar-refractivity contribution >= 4 is 34.2 Å². The van der Waals surface area contributed by atoms with Gasteiger partial charge in [0.2, 0.25) is 0 Å². The summed E-state index contributed by atoms with van der Waals surface area (Å²) >= 11 is 1.44. The second kappa shape index (κ2) is 8.36. The lowest BCUT2D eigenvalue weighted by Crippen LogP contribution is -2.30. The number of fused-ring (bicyclic) bond motifs is 1. The van der Waals surface area contributed by atoms with Gasteiger partial charge in [0.15, 0.2) is 5.13 Å². The maximum Gasteiger partial charge on any atom is 0.261 e. The maximum absolute atomic E-state index is 12.4. The number of hydrogen-bond donors (Lipinski definition) is 1. The Balaban J connectivity index is 1.25. The molecule has 1 aliphatic heterocycles. The Bertz CT molecular complexity index is 1030. The number of imide groups is 1. The summed E-state index contributed by atoms with van der Waals surface area (Å²) in [6.07, 6.45) is 4.08. The largest absolute Gasteiger partial charge is 0.298 e. The van der Waals surface area contributed by atoms with E-state index in [0.717, 1.165) is 24.1 Å². The van der Waals surface area contributed by atoms with E-state index in [1.54, 1.807) is 42.6 Å². The van der Waals surface area contributed by atoms with Crippen LogP contribution >= 0.6 is 11.3 Å². The Kier molecular flexibility index (Phi) is 5.48. The first-order chi connectivity index (χ1) is 14.1. The summed E-state index contributed by atoms with van der Waals surface area (Å²) in [7, 11) is 0. The summed E-state index contributed by atoms with van der Waals surface area (Å²) < 4.78 is 0. The molecule has 6 nitrogen and oxygen atoms in total. The molecule has 2 heterocycles. The van der Waals surface area contributed by atoms with Crippen LogP contribution in [0.25, 0.3) is 0 Å². The molecule has 1 N–H and O–H groups in total. The van der Waals surface area contributed by atoms with Crippen molar-refractivity contribution in [3.63, 3.8) is 0 Å². The van der Waals surface area contributed by atoms with Gasteiger partial charge in [-0.15, -0.1) is 11.3 Å². The van der Waals surface area contributed by atoms with Gasteiger partial charge in [0.25, 0.3) is 17.7 Å². The molecule has 3 amide bonds. The fourth-order valence-electron chi connectivity index (χ4n) is 3.25. The van der Waals surface area contributed by atoms with Crippen LogP contribution in [0, 0.1) is 0 Å². The average Bonchev–Trinajstić information content (AvgIpc) is 3.29. The zero-order chi connectivity index (χ0) is 20.2. The van der Waals surface area contributed by atoms with Crippen molar-refractivity contribution in [2.24, 2.45) is 0 Å². The lowest BCUT2D eigenvalue weighted by Gasteiger charge is -2.13. The van der Waals surface area contributed by atoms with E-state index in [1.165, 1.54) is 16.2 Å². The van der Waals surface area contributed by atoms with E-state index >= 15 is 0 Å². The molecule has 146 valence electrons. The zero-order valence-corrected chi connectivity index (χ0v) is 16.4. The van der Waals surface area contributed by atoms with Crippen molar-refractivity contribution in [2.75, 3.05) is 11.9 Å². The summed E-state index contributed by atoms with van der Waals surface area (Å²) in [5.41, 5.74) is 1.56.